The van der Waals surface area contributed by atoms with Gasteiger partial charge in [0.2, 0.25) is 0 Å². The number of benzene rings is 1. The van der Waals surface area contributed by atoms with E-state index in [2.05, 4.69) is 10.4 Å². The lowest BCUT2D eigenvalue weighted by atomic mass is 10.1. The Balaban J connectivity index is 2.20. The minimum absolute atomic E-state index is 0.00703. The molecular weight excluding hydrogens is 366 g/mol. The average Bonchev–Trinajstić information content (AvgIpc) is 2.86. The zero-order valence-corrected chi connectivity index (χ0v) is 16.6. The standard InChI is InChI=1S/C18H23N5O5/c1-10-16(11(2)22(6)20-10)19-17(24)12(3)28-18(25)14-9-13(23(26)27)7-8-15(14)21(4)5/h7-9,12H,1-6H3,(H,19,24)/t12-/m0/s1. The van der Waals surface area contributed by atoms with Crippen molar-refractivity contribution in [1.82, 2.24) is 9.78 Å². The highest BCUT2D eigenvalue weighted by Crippen LogP contribution is 2.25. The van der Waals surface area contributed by atoms with Gasteiger partial charge in [-0.3, -0.25) is 19.6 Å². The number of carbonyl (C=O) groups excluding carboxylic acids is 2. The van der Waals surface area contributed by atoms with Crippen molar-refractivity contribution >= 4 is 28.9 Å². The van der Waals surface area contributed by atoms with Crippen molar-refractivity contribution in [3.63, 3.8) is 0 Å². The van der Waals surface area contributed by atoms with Gasteiger partial charge in [0, 0.05) is 33.3 Å². The van der Waals surface area contributed by atoms with Crippen LogP contribution in [0.15, 0.2) is 18.2 Å². The van der Waals surface area contributed by atoms with Crippen molar-refractivity contribution < 1.29 is 19.2 Å². The molecule has 0 saturated heterocycles. The predicted molar refractivity (Wildman–Crippen MR) is 104 cm³/mol. The van der Waals surface area contributed by atoms with Gasteiger partial charge in [-0.15, -0.1) is 0 Å². The lowest BCUT2D eigenvalue weighted by Gasteiger charge is -2.18. The van der Waals surface area contributed by atoms with E-state index < -0.39 is 22.9 Å². The van der Waals surface area contributed by atoms with E-state index in [9.17, 15) is 19.7 Å². The van der Waals surface area contributed by atoms with Gasteiger partial charge in [-0.2, -0.15) is 5.10 Å². The summed E-state index contributed by atoms with van der Waals surface area (Å²) in [6.45, 7) is 4.99. The zero-order chi connectivity index (χ0) is 21.2. The summed E-state index contributed by atoms with van der Waals surface area (Å²) in [5.41, 5.74) is 2.17. The van der Waals surface area contributed by atoms with Gasteiger partial charge < -0.3 is 15.0 Å². The van der Waals surface area contributed by atoms with E-state index in [0.717, 1.165) is 11.8 Å². The highest BCUT2D eigenvalue weighted by molar-refractivity contribution is 6.00. The summed E-state index contributed by atoms with van der Waals surface area (Å²) >= 11 is 0. The minimum atomic E-state index is -1.11. The van der Waals surface area contributed by atoms with E-state index in [1.54, 1.807) is 44.6 Å². The van der Waals surface area contributed by atoms with Crippen molar-refractivity contribution in [3.8, 4) is 0 Å². The van der Waals surface area contributed by atoms with Gasteiger partial charge in [0.15, 0.2) is 6.10 Å². The molecule has 150 valence electrons. The Labute approximate surface area is 162 Å². The fourth-order valence-corrected chi connectivity index (χ4v) is 2.65. The lowest BCUT2D eigenvalue weighted by Crippen LogP contribution is -2.30. The molecule has 1 amide bonds. The molecule has 0 unspecified atom stereocenters. The van der Waals surface area contributed by atoms with Gasteiger partial charge in [-0.05, 0) is 26.8 Å². The van der Waals surface area contributed by atoms with Crippen LogP contribution < -0.4 is 10.2 Å². The average molecular weight is 389 g/mol. The van der Waals surface area contributed by atoms with Gasteiger partial charge >= 0.3 is 5.97 Å². The number of anilines is 2. The summed E-state index contributed by atoms with van der Waals surface area (Å²) in [4.78, 5) is 37.1. The number of hydrogen-bond acceptors (Lipinski definition) is 7. The SMILES string of the molecule is Cc1nn(C)c(C)c1NC(=O)[C@H](C)OC(=O)c1cc([N+](=O)[O-])ccc1N(C)C. The number of nitro benzene ring substituents is 1. The van der Waals surface area contributed by atoms with Gasteiger partial charge in [-0.1, -0.05) is 0 Å². The van der Waals surface area contributed by atoms with E-state index in [0.29, 0.717) is 17.1 Å². The van der Waals surface area contributed by atoms with E-state index in [1.807, 2.05) is 0 Å². The first-order valence-corrected chi connectivity index (χ1v) is 8.50. The number of carbonyl (C=O) groups is 2. The number of aromatic nitrogens is 2. The summed E-state index contributed by atoms with van der Waals surface area (Å²) in [5.74, 6) is -1.35. The Kier molecular flexibility index (Phi) is 6.02. The second kappa shape index (κ2) is 8.07. The monoisotopic (exact) mass is 389 g/mol. The smallest absolute Gasteiger partial charge is 0.341 e. The molecule has 0 aliphatic carbocycles. The third kappa shape index (κ3) is 4.27. The second-order valence-corrected chi connectivity index (χ2v) is 6.56. The largest absolute Gasteiger partial charge is 0.449 e. The first-order chi connectivity index (χ1) is 13.0. The molecule has 2 rings (SSSR count). The Morgan fingerprint density at radius 2 is 1.96 bits per heavy atom. The number of rotatable bonds is 6. The Bertz CT molecular complexity index is 935. The number of aryl methyl sites for hydroxylation is 2. The molecule has 28 heavy (non-hydrogen) atoms. The molecule has 0 saturated carbocycles. The van der Waals surface area contributed by atoms with Crippen molar-refractivity contribution in [2.45, 2.75) is 26.9 Å². The maximum Gasteiger partial charge on any atom is 0.341 e. The van der Waals surface area contributed by atoms with Gasteiger partial charge in [0.05, 0.1) is 33.2 Å². The molecule has 10 nitrogen and oxygen atoms in total. The fraction of sp³-hybridized carbons (Fsp3) is 0.389. The van der Waals surface area contributed by atoms with Crippen LogP contribution >= 0.6 is 0 Å². The van der Waals surface area contributed by atoms with Crippen LogP contribution in [0.5, 0.6) is 0 Å². The lowest BCUT2D eigenvalue weighted by molar-refractivity contribution is -0.384. The normalized spacial score (nSPS) is 11.6. The molecule has 2 aromatic rings. The first kappa shape index (κ1) is 20.9. The third-order valence-electron chi connectivity index (χ3n) is 4.30. The number of nitrogens with zero attached hydrogens (tertiary/aromatic N) is 4. The highest BCUT2D eigenvalue weighted by atomic mass is 16.6. The van der Waals surface area contributed by atoms with Crippen LogP contribution in [-0.2, 0) is 16.6 Å². The topological polar surface area (TPSA) is 120 Å². The van der Waals surface area contributed by atoms with Gasteiger partial charge in [0.1, 0.15) is 0 Å². The number of ether oxygens (including phenoxy) is 1. The molecule has 0 aliphatic heterocycles. The van der Waals surface area contributed by atoms with Crippen molar-refractivity contribution in [2.75, 3.05) is 24.3 Å². The summed E-state index contributed by atoms with van der Waals surface area (Å²) in [6.07, 6.45) is -1.11. The molecule has 1 heterocycles. The minimum Gasteiger partial charge on any atom is -0.449 e. The molecule has 0 radical (unpaired) electrons. The maximum atomic E-state index is 12.6. The Morgan fingerprint density at radius 1 is 1.32 bits per heavy atom. The van der Waals surface area contributed by atoms with Crippen LogP contribution in [0.3, 0.4) is 0 Å². The van der Waals surface area contributed by atoms with Crippen LogP contribution in [-0.4, -0.2) is 46.8 Å². The van der Waals surface area contributed by atoms with Crippen LogP contribution in [0.1, 0.15) is 28.7 Å². The molecule has 10 heteroatoms. The number of nitrogens with one attached hydrogen (secondary N) is 1. The molecule has 1 aromatic carbocycles. The van der Waals surface area contributed by atoms with E-state index in [4.69, 9.17) is 4.74 Å². The van der Waals surface area contributed by atoms with Crippen molar-refractivity contribution in [1.29, 1.82) is 0 Å². The number of non-ortho nitro benzene ring substituents is 1. The van der Waals surface area contributed by atoms with Crippen molar-refractivity contribution in [2.24, 2.45) is 7.05 Å². The van der Waals surface area contributed by atoms with E-state index in [-0.39, 0.29) is 11.3 Å². The van der Waals surface area contributed by atoms with E-state index in [1.165, 1.54) is 19.1 Å². The van der Waals surface area contributed by atoms with Crippen LogP contribution in [0, 0.1) is 24.0 Å². The summed E-state index contributed by atoms with van der Waals surface area (Å²) in [7, 11) is 5.15. The van der Waals surface area contributed by atoms with Crippen LogP contribution in [0.25, 0.3) is 0 Å². The second-order valence-electron chi connectivity index (χ2n) is 6.56. The summed E-state index contributed by atoms with van der Waals surface area (Å²) in [6, 6.07) is 3.90. The fourth-order valence-electron chi connectivity index (χ4n) is 2.65. The first-order valence-electron chi connectivity index (χ1n) is 8.50. The molecule has 1 N–H and O–H groups in total. The number of nitro groups is 1. The maximum absolute atomic E-state index is 12.6. The molecule has 1 atom stereocenters. The number of amides is 1. The molecular formula is C18H23N5O5. The molecule has 0 aliphatic rings. The molecule has 0 spiro atoms. The van der Waals surface area contributed by atoms with E-state index >= 15 is 0 Å². The molecule has 0 bridgehead atoms. The van der Waals surface area contributed by atoms with Crippen LogP contribution in [0.4, 0.5) is 17.1 Å². The van der Waals surface area contributed by atoms with Crippen molar-refractivity contribution in [3.05, 3.63) is 45.3 Å². The third-order valence-corrected chi connectivity index (χ3v) is 4.30. The van der Waals surface area contributed by atoms with Gasteiger partial charge in [-0.25, -0.2) is 4.79 Å². The summed E-state index contributed by atoms with van der Waals surface area (Å²) < 4.78 is 6.89. The predicted octanol–water partition coefficient (Wildman–Crippen LogP) is 2.20. The Morgan fingerprint density at radius 3 is 2.46 bits per heavy atom. The zero-order valence-electron chi connectivity index (χ0n) is 16.6. The molecule has 0 fully saturated rings. The van der Waals surface area contributed by atoms with Crippen LogP contribution in [0.2, 0.25) is 0 Å². The quantitative estimate of drug-likeness (QED) is 0.457. The number of esters is 1. The molecule has 1 aromatic heterocycles. The Hall–Kier alpha value is -3.43. The number of hydrogen-bond donors (Lipinski definition) is 1. The van der Waals surface area contributed by atoms with Gasteiger partial charge in [0.25, 0.3) is 11.6 Å². The highest BCUT2D eigenvalue weighted by Gasteiger charge is 2.25. The summed E-state index contributed by atoms with van der Waals surface area (Å²) in [5, 5.41) is 17.9.